The molecule has 1 saturated heterocycles. The lowest BCUT2D eigenvalue weighted by molar-refractivity contribution is -0.915. The summed E-state index contributed by atoms with van der Waals surface area (Å²) in [6.45, 7) is 20.1. The van der Waals surface area contributed by atoms with Crippen molar-refractivity contribution in [3.63, 3.8) is 0 Å². The second-order valence-electron chi connectivity index (χ2n) is 12.2. The van der Waals surface area contributed by atoms with Crippen LogP contribution in [-0.2, 0) is 9.59 Å². The van der Waals surface area contributed by atoms with Crippen molar-refractivity contribution in [3.05, 3.63) is 58.7 Å². The van der Waals surface area contributed by atoms with Crippen LogP contribution < -0.4 is 10.6 Å². The summed E-state index contributed by atoms with van der Waals surface area (Å²) in [5.41, 5.74) is 5.57. The fourth-order valence-electron chi connectivity index (χ4n) is 6.18. The summed E-state index contributed by atoms with van der Waals surface area (Å²) in [5.74, 6) is 0.146. The summed E-state index contributed by atoms with van der Waals surface area (Å²) in [5, 5.41) is 7.14. The predicted molar refractivity (Wildman–Crippen MR) is 178 cm³/mol. The third kappa shape index (κ3) is 9.94. The number of unbranched alkanes of at least 4 members (excludes halogenated alkanes) is 2. The Balaban J connectivity index is 1.37. The lowest BCUT2D eigenvalue weighted by Gasteiger charge is -2.36. The number of nitrogens with one attached hydrogen (secondary N) is 2. The van der Waals surface area contributed by atoms with Gasteiger partial charge in [0, 0.05) is 17.1 Å². The fourth-order valence-corrected chi connectivity index (χ4v) is 7.20. The molecule has 1 fully saturated rings. The minimum Gasteiger partial charge on any atom is -0.324 e. The Kier molecular flexibility index (Phi) is 14.0. The number of carbonyl (C=O) groups is 2. The quantitative estimate of drug-likeness (QED) is 0.129. The second-order valence-corrected chi connectivity index (χ2v) is 13.2. The minimum absolute atomic E-state index is 0.0274. The van der Waals surface area contributed by atoms with Gasteiger partial charge in [-0.2, -0.15) is 0 Å². The average Bonchev–Trinajstić information content (AvgIpc) is 2.98. The third-order valence-electron chi connectivity index (χ3n) is 9.14. The molecule has 3 rings (SSSR count). The normalized spacial score (nSPS) is 16.0. The molecule has 0 bridgehead atoms. The number of aryl methyl sites for hydroxylation is 4. The number of thioether (sulfide) groups is 1. The number of quaternary nitrogens is 1. The van der Waals surface area contributed by atoms with Gasteiger partial charge in [-0.3, -0.25) is 14.5 Å². The number of nitrogens with zero attached hydrogens (tertiary/aromatic N) is 2. The van der Waals surface area contributed by atoms with Crippen molar-refractivity contribution in [3.8, 4) is 0 Å². The maximum Gasteiger partial charge on any atom is 0.247 e. The van der Waals surface area contributed by atoms with E-state index in [9.17, 15) is 9.59 Å². The summed E-state index contributed by atoms with van der Waals surface area (Å²) < 4.78 is 0.824. The van der Waals surface area contributed by atoms with Crippen LogP contribution in [0.3, 0.4) is 0 Å². The number of rotatable bonds is 16. The number of benzene rings is 2. The van der Waals surface area contributed by atoms with Crippen LogP contribution in [-0.4, -0.2) is 78.8 Å². The Morgan fingerprint density at radius 3 is 2.17 bits per heavy atom. The molecule has 1 heterocycles. The summed E-state index contributed by atoms with van der Waals surface area (Å²) in [4.78, 5) is 29.8. The molecule has 2 N–H and O–H groups in total. The third-order valence-corrected chi connectivity index (χ3v) is 10.3. The molecule has 1 unspecified atom stereocenters. The number of anilines is 1. The Bertz CT molecular complexity index is 1120. The van der Waals surface area contributed by atoms with Gasteiger partial charge < -0.3 is 15.1 Å². The number of hydrogen-bond acceptors (Lipinski definition) is 5. The summed E-state index contributed by atoms with van der Waals surface area (Å²) in [7, 11) is 0. The lowest BCUT2D eigenvalue weighted by Crippen LogP contribution is -2.53. The van der Waals surface area contributed by atoms with Crippen molar-refractivity contribution in [1.82, 2.24) is 10.2 Å². The zero-order chi connectivity index (χ0) is 30.5. The highest BCUT2D eigenvalue weighted by Gasteiger charge is 2.29. The van der Waals surface area contributed by atoms with Crippen molar-refractivity contribution in [1.29, 1.82) is 0 Å². The fraction of sp³-hybridized carbons (Fsp3) is 0.600. The van der Waals surface area contributed by atoms with Crippen LogP contribution in [0.5, 0.6) is 0 Å². The van der Waals surface area contributed by atoms with Gasteiger partial charge in [-0.1, -0.05) is 49.2 Å². The molecule has 0 aromatic heterocycles. The molecule has 0 radical (unpaired) electrons. The molecule has 2 aromatic carbocycles. The van der Waals surface area contributed by atoms with Gasteiger partial charge in [0.05, 0.1) is 25.7 Å². The van der Waals surface area contributed by atoms with Crippen molar-refractivity contribution in [2.75, 3.05) is 57.7 Å². The maximum absolute atomic E-state index is 13.2. The van der Waals surface area contributed by atoms with Crippen LogP contribution in [0.1, 0.15) is 74.6 Å². The molecule has 0 saturated carbocycles. The highest BCUT2D eigenvalue weighted by Crippen LogP contribution is 2.28. The molecule has 1 aliphatic rings. The zero-order valence-corrected chi connectivity index (χ0v) is 27.9. The highest BCUT2D eigenvalue weighted by molar-refractivity contribution is 8.13. The van der Waals surface area contributed by atoms with E-state index in [1.165, 1.54) is 29.3 Å². The SMILES string of the molecule is CC[N+](CC)(CCNCCCCCN1CCCCC1C(=O)Nc1c(C)cccc1C)CC(=O)Sc1c(C)cccc1C. The molecule has 0 aliphatic carbocycles. The van der Waals surface area contributed by atoms with Crippen LogP contribution in [0, 0.1) is 27.7 Å². The van der Waals surface area contributed by atoms with E-state index in [4.69, 9.17) is 0 Å². The van der Waals surface area contributed by atoms with Crippen LogP contribution >= 0.6 is 11.8 Å². The maximum atomic E-state index is 13.2. The van der Waals surface area contributed by atoms with Crippen molar-refractivity contribution >= 4 is 28.5 Å². The molecule has 1 aliphatic heterocycles. The molecule has 1 atom stereocenters. The Labute approximate surface area is 259 Å². The number of para-hydroxylation sites is 1. The van der Waals surface area contributed by atoms with E-state index in [1.54, 1.807) is 0 Å². The van der Waals surface area contributed by atoms with Gasteiger partial charge in [-0.25, -0.2) is 0 Å². The van der Waals surface area contributed by atoms with Crippen LogP contribution in [0.15, 0.2) is 41.3 Å². The topological polar surface area (TPSA) is 61.4 Å². The van der Waals surface area contributed by atoms with Gasteiger partial charge in [-0.15, -0.1) is 0 Å². The van der Waals surface area contributed by atoms with E-state index < -0.39 is 0 Å². The lowest BCUT2D eigenvalue weighted by atomic mass is 10.00. The average molecular weight is 596 g/mol. The van der Waals surface area contributed by atoms with Crippen LogP contribution in [0.2, 0.25) is 0 Å². The first-order chi connectivity index (χ1) is 20.2. The van der Waals surface area contributed by atoms with E-state index in [0.29, 0.717) is 6.54 Å². The number of amides is 1. The van der Waals surface area contributed by atoms with Crippen LogP contribution in [0.4, 0.5) is 5.69 Å². The first kappa shape index (κ1) is 34.3. The molecular weight excluding hydrogens is 540 g/mol. The summed E-state index contributed by atoms with van der Waals surface area (Å²) in [6.07, 6.45) is 6.64. The molecule has 2 aromatic rings. The van der Waals surface area contributed by atoms with E-state index in [0.717, 1.165) is 104 Å². The van der Waals surface area contributed by atoms with Gasteiger partial charge in [-0.05, 0) is 121 Å². The van der Waals surface area contributed by atoms with Gasteiger partial charge in [0.25, 0.3) is 0 Å². The van der Waals surface area contributed by atoms with E-state index in [2.05, 4.69) is 87.4 Å². The minimum atomic E-state index is -0.0274. The smallest absolute Gasteiger partial charge is 0.247 e. The monoisotopic (exact) mass is 595 g/mol. The second kappa shape index (κ2) is 17.2. The van der Waals surface area contributed by atoms with Crippen molar-refractivity contribution in [2.24, 2.45) is 0 Å². The molecule has 6 nitrogen and oxygen atoms in total. The van der Waals surface area contributed by atoms with E-state index in [1.807, 2.05) is 6.07 Å². The summed E-state index contributed by atoms with van der Waals surface area (Å²) in [6, 6.07) is 12.4. The van der Waals surface area contributed by atoms with Crippen molar-refractivity contribution in [2.45, 2.75) is 91.0 Å². The largest absolute Gasteiger partial charge is 0.324 e. The molecule has 232 valence electrons. The van der Waals surface area contributed by atoms with Crippen molar-refractivity contribution < 1.29 is 14.1 Å². The van der Waals surface area contributed by atoms with Crippen LogP contribution in [0.25, 0.3) is 0 Å². The van der Waals surface area contributed by atoms with Gasteiger partial charge in [0.2, 0.25) is 11.0 Å². The zero-order valence-electron chi connectivity index (χ0n) is 27.1. The van der Waals surface area contributed by atoms with Gasteiger partial charge in [0.1, 0.15) is 6.54 Å². The highest BCUT2D eigenvalue weighted by atomic mass is 32.2. The molecule has 7 heteroatoms. The van der Waals surface area contributed by atoms with Gasteiger partial charge >= 0.3 is 0 Å². The van der Waals surface area contributed by atoms with E-state index >= 15 is 0 Å². The Morgan fingerprint density at radius 2 is 1.52 bits per heavy atom. The first-order valence-corrected chi connectivity index (χ1v) is 16.9. The number of likely N-dealkylation sites (tertiary alicyclic amines) is 1. The first-order valence-electron chi connectivity index (χ1n) is 16.1. The number of hydrogen-bond donors (Lipinski definition) is 2. The molecular formula is C35H55N4O2S+. The predicted octanol–water partition coefficient (Wildman–Crippen LogP) is 6.65. The summed E-state index contributed by atoms with van der Waals surface area (Å²) >= 11 is 1.42. The van der Waals surface area contributed by atoms with Gasteiger partial charge in [0.15, 0.2) is 0 Å². The Hall–Kier alpha value is -2.19. The Morgan fingerprint density at radius 1 is 0.881 bits per heavy atom. The number of piperidine rings is 1. The molecule has 0 spiro atoms. The number of carbonyl (C=O) groups excluding carboxylic acids is 2. The molecule has 42 heavy (non-hydrogen) atoms. The number of likely N-dealkylation sites (N-methyl/N-ethyl adjacent to an activating group) is 1. The van der Waals surface area contributed by atoms with E-state index in [-0.39, 0.29) is 17.1 Å². The molecule has 1 amide bonds. The standard InChI is InChI=1S/C35H54N4O2S/c1-7-39(8-2,26-32(40)42-34-29(5)18-15-19-30(34)6)25-22-36-21-11-9-12-23-38-24-13-10-20-31(38)35(41)37-33-27(3)16-14-17-28(33)4/h14-19,31,36H,7-13,20-26H2,1-6H3/p+1.